The third-order valence-corrected chi connectivity index (χ3v) is 5.99. The van der Waals surface area contributed by atoms with E-state index in [1.165, 1.54) is 12.1 Å². The molecule has 1 aromatic carbocycles. The first kappa shape index (κ1) is 17.8. The number of H-pyrrole nitrogens is 2. The van der Waals surface area contributed by atoms with Gasteiger partial charge in [-0.05, 0) is 30.3 Å². The number of aromatic nitrogens is 6. The number of thiophene rings is 1. The van der Waals surface area contributed by atoms with Gasteiger partial charge in [0.15, 0.2) is 16.6 Å². The highest BCUT2D eigenvalue weighted by Crippen LogP contribution is 2.35. The van der Waals surface area contributed by atoms with Crippen molar-refractivity contribution in [2.45, 2.75) is 0 Å². The number of nitrogens with zero attached hydrogens (tertiary/aromatic N) is 4. The molecule has 5 aromatic heterocycles. The molecular formula is C22H12F2N6S. The van der Waals surface area contributed by atoms with E-state index in [4.69, 9.17) is 0 Å². The maximum Gasteiger partial charge on any atom is 0.178 e. The molecule has 0 fully saturated rings. The lowest BCUT2D eigenvalue weighted by Gasteiger charge is -2.03. The molecular weight excluding hydrogens is 418 g/mol. The molecule has 6 rings (SSSR count). The summed E-state index contributed by atoms with van der Waals surface area (Å²) in [5, 5.41) is 7.67. The molecule has 0 radical (unpaired) electrons. The van der Waals surface area contributed by atoms with E-state index in [0.29, 0.717) is 44.7 Å². The first-order chi connectivity index (χ1) is 15.2. The van der Waals surface area contributed by atoms with Crippen LogP contribution in [0.15, 0.2) is 61.1 Å². The van der Waals surface area contributed by atoms with Gasteiger partial charge in [-0.1, -0.05) is 6.07 Å². The molecule has 0 aliphatic carbocycles. The van der Waals surface area contributed by atoms with Gasteiger partial charge in [0.2, 0.25) is 0 Å². The highest BCUT2D eigenvalue weighted by atomic mass is 32.1. The van der Waals surface area contributed by atoms with Gasteiger partial charge in [-0.25, -0.2) is 14.4 Å². The Bertz CT molecular complexity index is 1570. The molecule has 0 saturated heterocycles. The smallest absolute Gasteiger partial charge is 0.178 e. The maximum atomic E-state index is 14.7. The van der Waals surface area contributed by atoms with Crippen molar-refractivity contribution in [2.75, 3.05) is 0 Å². The molecule has 0 bridgehead atoms. The Balaban J connectivity index is 1.54. The Hall–Kier alpha value is -3.98. The summed E-state index contributed by atoms with van der Waals surface area (Å²) in [4.78, 5) is 17.0. The number of hydrogen-bond acceptors (Lipinski definition) is 5. The quantitative estimate of drug-likeness (QED) is 0.385. The Kier molecular flexibility index (Phi) is 3.90. The lowest BCUT2D eigenvalue weighted by molar-refractivity contribution is 0.632. The minimum Gasteiger partial charge on any atom is -0.335 e. The summed E-state index contributed by atoms with van der Waals surface area (Å²) in [5.41, 5.74) is 4.17. The summed E-state index contributed by atoms with van der Waals surface area (Å²) >= 11 is 1.05. The van der Waals surface area contributed by atoms with Crippen LogP contribution in [0.25, 0.3) is 55.2 Å². The van der Waals surface area contributed by atoms with Crippen molar-refractivity contribution in [3.05, 3.63) is 72.0 Å². The first-order valence-electron chi connectivity index (χ1n) is 9.36. The zero-order chi connectivity index (χ0) is 20.9. The fourth-order valence-electron chi connectivity index (χ4n) is 3.65. The molecule has 0 unspecified atom stereocenters. The fourth-order valence-corrected chi connectivity index (χ4v) is 4.41. The van der Waals surface area contributed by atoms with Gasteiger partial charge >= 0.3 is 0 Å². The van der Waals surface area contributed by atoms with Crippen LogP contribution in [0.3, 0.4) is 0 Å². The van der Waals surface area contributed by atoms with Gasteiger partial charge < -0.3 is 4.98 Å². The Labute approximate surface area is 177 Å². The molecule has 0 amide bonds. The van der Waals surface area contributed by atoms with E-state index in [9.17, 15) is 8.78 Å². The van der Waals surface area contributed by atoms with Crippen LogP contribution in [-0.4, -0.2) is 30.1 Å². The van der Waals surface area contributed by atoms with Crippen molar-refractivity contribution in [1.82, 2.24) is 30.1 Å². The van der Waals surface area contributed by atoms with Gasteiger partial charge in [0.1, 0.15) is 11.5 Å². The number of hydrogen-bond donors (Lipinski definition) is 2. The van der Waals surface area contributed by atoms with Crippen molar-refractivity contribution in [1.29, 1.82) is 0 Å². The summed E-state index contributed by atoms with van der Waals surface area (Å²) in [6.07, 6.45) is 4.89. The van der Waals surface area contributed by atoms with Crippen molar-refractivity contribution in [3.8, 4) is 33.1 Å². The van der Waals surface area contributed by atoms with Crippen LogP contribution < -0.4 is 0 Å². The first-order valence-corrected chi connectivity index (χ1v) is 10.2. The largest absolute Gasteiger partial charge is 0.335 e. The summed E-state index contributed by atoms with van der Waals surface area (Å²) in [6.45, 7) is 0. The van der Waals surface area contributed by atoms with Crippen LogP contribution in [0.1, 0.15) is 0 Å². The van der Waals surface area contributed by atoms with E-state index in [0.717, 1.165) is 21.8 Å². The van der Waals surface area contributed by atoms with Crippen LogP contribution in [0.5, 0.6) is 0 Å². The van der Waals surface area contributed by atoms with Crippen LogP contribution in [0.2, 0.25) is 0 Å². The molecule has 150 valence electrons. The molecule has 5 heterocycles. The van der Waals surface area contributed by atoms with E-state index in [1.807, 2.05) is 6.07 Å². The molecule has 6 aromatic rings. The number of halogens is 2. The van der Waals surface area contributed by atoms with Gasteiger partial charge in [-0.15, -0.1) is 11.3 Å². The van der Waals surface area contributed by atoms with Crippen molar-refractivity contribution in [2.24, 2.45) is 0 Å². The standard InChI is InChI=1S/C22H12F2N6S/c23-15-9-16-14(8-13(15)11-2-1-6-25-10-11)20(30-29-16)22-27-19-12(5-7-26-21(19)28-22)17-3-4-18(24)31-17/h1-10H,(H,29,30)(H,26,27,28). The highest BCUT2D eigenvalue weighted by molar-refractivity contribution is 7.14. The molecule has 0 saturated carbocycles. The van der Waals surface area contributed by atoms with E-state index in [-0.39, 0.29) is 10.9 Å². The summed E-state index contributed by atoms with van der Waals surface area (Å²) in [6, 6.07) is 11.7. The van der Waals surface area contributed by atoms with Gasteiger partial charge in [-0.2, -0.15) is 9.49 Å². The predicted octanol–water partition coefficient (Wildman–Crippen LogP) is 5.57. The topological polar surface area (TPSA) is 83.1 Å². The number of benzene rings is 1. The second-order valence-corrected chi connectivity index (χ2v) is 7.97. The van der Waals surface area contributed by atoms with Gasteiger partial charge in [-0.3, -0.25) is 10.1 Å². The third-order valence-electron chi connectivity index (χ3n) is 5.08. The number of pyridine rings is 2. The number of rotatable bonds is 3. The number of imidazole rings is 1. The fraction of sp³-hybridized carbons (Fsp3) is 0. The Morgan fingerprint density at radius 2 is 1.90 bits per heavy atom. The molecule has 2 N–H and O–H groups in total. The average Bonchev–Trinajstić information content (AvgIpc) is 3.50. The zero-order valence-electron chi connectivity index (χ0n) is 15.7. The normalized spacial score (nSPS) is 11.5. The molecule has 0 aliphatic heterocycles. The molecule has 0 atom stereocenters. The lowest BCUT2D eigenvalue weighted by atomic mass is 10.0. The molecule has 6 nitrogen and oxygen atoms in total. The van der Waals surface area contributed by atoms with Crippen LogP contribution in [-0.2, 0) is 0 Å². The minimum atomic E-state index is -0.371. The zero-order valence-corrected chi connectivity index (χ0v) is 16.5. The van der Waals surface area contributed by atoms with Gasteiger partial charge in [0.05, 0.1) is 11.0 Å². The van der Waals surface area contributed by atoms with E-state index < -0.39 is 0 Å². The molecule has 9 heteroatoms. The maximum absolute atomic E-state index is 14.7. The SMILES string of the molecule is Fc1ccc(-c2ccnc3nc(-c4n[nH]c5cc(F)c(-c6cccnc6)cc45)[nH]c23)s1. The highest BCUT2D eigenvalue weighted by Gasteiger charge is 2.18. The lowest BCUT2D eigenvalue weighted by Crippen LogP contribution is -1.87. The number of fused-ring (bicyclic) bond motifs is 2. The van der Waals surface area contributed by atoms with Gasteiger partial charge in [0, 0.05) is 51.6 Å². The van der Waals surface area contributed by atoms with Crippen LogP contribution >= 0.6 is 11.3 Å². The average molecular weight is 430 g/mol. The molecule has 31 heavy (non-hydrogen) atoms. The van der Waals surface area contributed by atoms with Crippen LogP contribution in [0.4, 0.5) is 8.78 Å². The van der Waals surface area contributed by atoms with Gasteiger partial charge in [0.25, 0.3) is 0 Å². The number of nitrogens with one attached hydrogen (secondary N) is 2. The minimum absolute atomic E-state index is 0.261. The second-order valence-electron chi connectivity index (χ2n) is 6.94. The Morgan fingerprint density at radius 1 is 0.968 bits per heavy atom. The van der Waals surface area contributed by atoms with Crippen molar-refractivity contribution < 1.29 is 8.78 Å². The molecule has 0 spiro atoms. The summed E-state index contributed by atoms with van der Waals surface area (Å²) in [5.74, 6) is 0.117. The second kappa shape index (κ2) is 6.78. The molecule has 0 aliphatic rings. The predicted molar refractivity (Wildman–Crippen MR) is 115 cm³/mol. The van der Waals surface area contributed by atoms with Crippen molar-refractivity contribution in [3.63, 3.8) is 0 Å². The van der Waals surface area contributed by atoms with E-state index in [1.54, 1.807) is 42.9 Å². The van der Waals surface area contributed by atoms with E-state index in [2.05, 4.69) is 30.1 Å². The summed E-state index contributed by atoms with van der Waals surface area (Å²) < 4.78 is 28.2. The third kappa shape index (κ3) is 2.89. The summed E-state index contributed by atoms with van der Waals surface area (Å²) in [7, 11) is 0. The monoisotopic (exact) mass is 430 g/mol. The Morgan fingerprint density at radius 3 is 2.71 bits per heavy atom. The number of aromatic amines is 2. The van der Waals surface area contributed by atoms with Crippen molar-refractivity contribution >= 4 is 33.4 Å². The van der Waals surface area contributed by atoms with E-state index >= 15 is 0 Å². The van der Waals surface area contributed by atoms with Crippen LogP contribution in [0, 0.1) is 10.9 Å².